The molecule has 2 aromatic carbocycles. The third-order valence-corrected chi connectivity index (χ3v) is 2.57. The maximum atomic E-state index is 13.0. The lowest BCUT2D eigenvalue weighted by atomic mass is 10.2. The van der Waals surface area contributed by atoms with Crippen molar-refractivity contribution in [3.8, 4) is 11.5 Å². The molecule has 0 heterocycles. The Hall–Kier alpha value is -1.74. The van der Waals surface area contributed by atoms with Gasteiger partial charge in [-0.25, -0.2) is 4.39 Å². The summed E-state index contributed by atoms with van der Waals surface area (Å²) >= 11 is 5.66. The van der Waals surface area contributed by atoms with Crippen LogP contribution in [0.1, 0.15) is 5.56 Å². The van der Waals surface area contributed by atoms with Crippen molar-refractivity contribution in [1.82, 2.24) is 0 Å². The molecule has 0 amide bonds. The molecule has 0 fully saturated rings. The molecule has 0 aliphatic heterocycles. The van der Waals surface area contributed by atoms with Crippen LogP contribution in [0.5, 0.6) is 11.5 Å². The Morgan fingerprint density at radius 3 is 2.59 bits per heavy atom. The summed E-state index contributed by atoms with van der Waals surface area (Å²) in [5.41, 5.74) is 7.39. The van der Waals surface area contributed by atoms with Gasteiger partial charge in [0.2, 0.25) is 0 Å². The third-order valence-electron chi connectivity index (χ3n) is 2.28. The molecule has 0 atom stereocenters. The van der Waals surface area contributed by atoms with Gasteiger partial charge in [0, 0.05) is 6.07 Å². The highest BCUT2D eigenvalue weighted by Gasteiger charge is 2.05. The summed E-state index contributed by atoms with van der Waals surface area (Å²) in [6.45, 7) is 1.94. The van der Waals surface area contributed by atoms with Crippen molar-refractivity contribution in [2.24, 2.45) is 0 Å². The summed E-state index contributed by atoms with van der Waals surface area (Å²) in [7, 11) is 0. The van der Waals surface area contributed by atoms with Crippen molar-refractivity contribution in [1.29, 1.82) is 0 Å². The molecular formula is C13H11ClFNO. The van der Waals surface area contributed by atoms with Crippen LogP contribution < -0.4 is 10.5 Å². The van der Waals surface area contributed by atoms with Gasteiger partial charge in [-0.3, -0.25) is 0 Å². The normalized spacial score (nSPS) is 10.3. The molecule has 0 spiro atoms. The number of rotatable bonds is 2. The SMILES string of the molecule is Cc1ccc(Oc2ccc(F)c(Cl)c2)c(N)c1. The van der Waals surface area contributed by atoms with E-state index in [4.69, 9.17) is 22.1 Å². The number of benzene rings is 2. The highest BCUT2D eigenvalue weighted by Crippen LogP contribution is 2.30. The molecule has 2 aromatic rings. The van der Waals surface area contributed by atoms with E-state index in [9.17, 15) is 4.39 Å². The highest BCUT2D eigenvalue weighted by atomic mass is 35.5. The summed E-state index contributed by atoms with van der Waals surface area (Å²) in [4.78, 5) is 0. The van der Waals surface area contributed by atoms with Crippen molar-refractivity contribution >= 4 is 17.3 Å². The predicted octanol–water partition coefficient (Wildman–Crippen LogP) is 4.16. The minimum Gasteiger partial charge on any atom is -0.455 e. The van der Waals surface area contributed by atoms with E-state index in [0.29, 0.717) is 17.2 Å². The zero-order valence-electron chi connectivity index (χ0n) is 9.21. The van der Waals surface area contributed by atoms with Crippen molar-refractivity contribution in [3.63, 3.8) is 0 Å². The largest absolute Gasteiger partial charge is 0.455 e. The van der Waals surface area contributed by atoms with Crippen LogP contribution in [0.4, 0.5) is 10.1 Å². The molecule has 0 radical (unpaired) electrons. The lowest BCUT2D eigenvalue weighted by Crippen LogP contribution is -1.93. The van der Waals surface area contributed by atoms with E-state index in [2.05, 4.69) is 0 Å². The maximum absolute atomic E-state index is 13.0. The molecule has 2 nitrogen and oxygen atoms in total. The average molecular weight is 252 g/mol. The van der Waals surface area contributed by atoms with E-state index < -0.39 is 5.82 Å². The topological polar surface area (TPSA) is 35.2 Å². The molecule has 0 aliphatic carbocycles. The molecule has 0 saturated heterocycles. The zero-order chi connectivity index (χ0) is 12.4. The molecule has 0 unspecified atom stereocenters. The number of halogens is 2. The minimum atomic E-state index is -0.476. The fourth-order valence-corrected chi connectivity index (χ4v) is 1.60. The first kappa shape index (κ1) is 11.7. The van der Waals surface area contributed by atoms with E-state index >= 15 is 0 Å². The molecule has 0 bridgehead atoms. The highest BCUT2D eigenvalue weighted by molar-refractivity contribution is 6.30. The first-order valence-corrected chi connectivity index (χ1v) is 5.43. The number of aryl methyl sites for hydroxylation is 1. The molecule has 0 aliphatic rings. The Morgan fingerprint density at radius 2 is 1.94 bits per heavy atom. The van der Waals surface area contributed by atoms with Crippen LogP contribution in [0.3, 0.4) is 0 Å². The number of ether oxygens (including phenoxy) is 1. The predicted molar refractivity (Wildman–Crippen MR) is 67.1 cm³/mol. The van der Waals surface area contributed by atoms with E-state index in [0.717, 1.165) is 5.56 Å². The summed E-state index contributed by atoms with van der Waals surface area (Å²) in [5, 5.41) is 0.0215. The van der Waals surface area contributed by atoms with Gasteiger partial charge in [0.05, 0.1) is 10.7 Å². The zero-order valence-corrected chi connectivity index (χ0v) is 9.96. The number of nitrogen functional groups attached to an aromatic ring is 1. The van der Waals surface area contributed by atoms with Gasteiger partial charge in [-0.2, -0.15) is 0 Å². The van der Waals surface area contributed by atoms with Crippen molar-refractivity contribution < 1.29 is 9.13 Å². The molecule has 88 valence electrons. The van der Waals surface area contributed by atoms with Gasteiger partial charge in [0.25, 0.3) is 0 Å². The van der Waals surface area contributed by atoms with Crippen LogP contribution in [-0.2, 0) is 0 Å². The number of hydrogen-bond donors (Lipinski definition) is 1. The van der Waals surface area contributed by atoms with Crippen LogP contribution in [-0.4, -0.2) is 0 Å². The second kappa shape index (κ2) is 4.63. The average Bonchev–Trinajstić information content (AvgIpc) is 2.27. The quantitative estimate of drug-likeness (QED) is 0.814. The smallest absolute Gasteiger partial charge is 0.150 e. The van der Waals surface area contributed by atoms with Gasteiger partial charge < -0.3 is 10.5 Å². The third kappa shape index (κ3) is 2.68. The Bertz CT molecular complexity index is 557. The van der Waals surface area contributed by atoms with Crippen LogP contribution in [0, 0.1) is 12.7 Å². The Morgan fingerprint density at radius 1 is 1.18 bits per heavy atom. The van der Waals surface area contributed by atoms with Crippen molar-refractivity contribution in [2.45, 2.75) is 6.92 Å². The molecule has 0 saturated carbocycles. The van der Waals surface area contributed by atoms with Gasteiger partial charge in [0.15, 0.2) is 0 Å². The summed E-state index contributed by atoms with van der Waals surface area (Å²) < 4.78 is 18.5. The summed E-state index contributed by atoms with van der Waals surface area (Å²) in [6.07, 6.45) is 0. The van der Waals surface area contributed by atoms with E-state index in [1.165, 1.54) is 18.2 Å². The van der Waals surface area contributed by atoms with Crippen LogP contribution in [0.2, 0.25) is 5.02 Å². The number of hydrogen-bond acceptors (Lipinski definition) is 2. The van der Waals surface area contributed by atoms with Gasteiger partial charge >= 0.3 is 0 Å². The van der Waals surface area contributed by atoms with Gasteiger partial charge in [-0.05, 0) is 36.8 Å². The van der Waals surface area contributed by atoms with Crippen LogP contribution in [0.15, 0.2) is 36.4 Å². The second-order valence-corrected chi connectivity index (χ2v) is 4.13. The lowest BCUT2D eigenvalue weighted by Gasteiger charge is -2.09. The van der Waals surface area contributed by atoms with Gasteiger partial charge in [-0.1, -0.05) is 17.7 Å². The fraction of sp³-hybridized carbons (Fsp3) is 0.0769. The summed E-state index contributed by atoms with van der Waals surface area (Å²) in [6, 6.07) is 9.62. The first-order valence-electron chi connectivity index (χ1n) is 5.05. The number of nitrogens with two attached hydrogens (primary N) is 1. The standard InChI is InChI=1S/C13H11ClFNO/c1-8-2-5-13(12(16)6-8)17-9-3-4-11(15)10(14)7-9/h2-7H,16H2,1H3. The molecule has 4 heteroatoms. The van der Waals surface area contributed by atoms with Gasteiger partial charge in [-0.15, -0.1) is 0 Å². The van der Waals surface area contributed by atoms with Crippen molar-refractivity contribution in [2.75, 3.05) is 5.73 Å². The molecular weight excluding hydrogens is 241 g/mol. The second-order valence-electron chi connectivity index (χ2n) is 3.72. The van der Waals surface area contributed by atoms with Crippen LogP contribution >= 0.6 is 11.6 Å². The Labute approximate surface area is 104 Å². The van der Waals surface area contributed by atoms with Crippen LogP contribution in [0.25, 0.3) is 0 Å². The molecule has 0 aromatic heterocycles. The lowest BCUT2D eigenvalue weighted by molar-refractivity contribution is 0.483. The molecule has 17 heavy (non-hydrogen) atoms. The van der Waals surface area contributed by atoms with Gasteiger partial charge in [0.1, 0.15) is 17.3 Å². The fourth-order valence-electron chi connectivity index (χ4n) is 1.43. The Balaban J connectivity index is 2.28. The molecule has 2 N–H and O–H groups in total. The molecule has 2 rings (SSSR count). The minimum absolute atomic E-state index is 0.0215. The summed E-state index contributed by atoms with van der Waals surface area (Å²) in [5.74, 6) is 0.501. The van der Waals surface area contributed by atoms with E-state index in [1.807, 2.05) is 13.0 Å². The first-order chi connectivity index (χ1) is 8.06. The van der Waals surface area contributed by atoms with E-state index in [-0.39, 0.29) is 5.02 Å². The maximum Gasteiger partial charge on any atom is 0.150 e. The monoisotopic (exact) mass is 251 g/mol. The van der Waals surface area contributed by atoms with Crippen molar-refractivity contribution in [3.05, 3.63) is 52.8 Å². The number of anilines is 1. The Kier molecular flexibility index (Phi) is 3.20. The van der Waals surface area contributed by atoms with E-state index in [1.54, 1.807) is 12.1 Å².